The molecule has 1 N–H and O–H groups in total. The van der Waals surface area contributed by atoms with Gasteiger partial charge in [0.1, 0.15) is 0 Å². The van der Waals surface area contributed by atoms with Gasteiger partial charge in [-0.05, 0) is 19.1 Å². The first kappa shape index (κ1) is 17.3. The van der Waals surface area contributed by atoms with Gasteiger partial charge in [0.15, 0.2) is 5.78 Å². The van der Waals surface area contributed by atoms with E-state index in [2.05, 4.69) is 14.9 Å². The minimum Gasteiger partial charge on any atom is -0.425 e. The van der Waals surface area contributed by atoms with Crippen LogP contribution in [0.3, 0.4) is 0 Å². The van der Waals surface area contributed by atoms with Gasteiger partial charge in [-0.2, -0.15) is 0 Å². The van der Waals surface area contributed by atoms with Crippen molar-refractivity contribution in [1.82, 2.24) is 14.9 Å². The number of sulfonamides is 1. The monoisotopic (exact) mass is 337 g/mol. The molecule has 1 heterocycles. The minimum atomic E-state index is -3.69. The fraction of sp³-hybridized carbons (Fsp3) is 0.400. The highest BCUT2D eigenvalue weighted by atomic mass is 32.2. The lowest BCUT2D eigenvalue weighted by molar-refractivity contribution is 0.101. The Morgan fingerprint density at radius 3 is 2.65 bits per heavy atom. The van der Waals surface area contributed by atoms with E-state index in [1.807, 2.05) is 13.8 Å². The lowest BCUT2D eigenvalue weighted by Crippen LogP contribution is -2.26. The predicted octanol–water partition coefficient (Wildman–Crippen LogP) is 1.92. The van der Waals surface area contributed by atoms with E-state index in [0.29, 0.717) is 23.8 Å². The smallest absolute Gasteiger partial charge is 0.240 e. The number of ketones is 1. The molecule has 0 aliphatic heterocycles. The van der Waals surface area contributed by atoms with E-state index in [1.165, 1.54) is 25.1 Å². The molecule has 8 heteroatoms. The normalized spacial score (nSPS) is 11.8. The third-order valence-corrected chi connectivity index (χ3v) is 4.62. The molecular formula is C15H19N3O4S. The van der Waals surface area contributed by atoms with Crippen LogP contribution in [0.1, 0.15) is 48.8 Å². The fourth-order valence-electron chi connectivity index (χ4n) is 1.86. The average Bonchev–Trinajstić information content (AvgIpc) is 2.96. The summed E-state index contributed by atoms with van der Waals surface area (Å²) in [6.45, 7) is 5.39. The average molecular weight is 337 g/mol. The molecule has 0 bridgehead atoms. The number of aromatic nitrogens is 2. The van der Waals surface area contributed by atoms with Crippen LogP contribution in [-0.4, -0.2) is 30.9 Å². The van der Waals surface area contributed by atoms with Gasteiger partial charge in [0.2, 0.25) is 21.8 Å². The van der Waals surface area contributed by atoms with Crippen molar-refractivity contribution in [3.63, 3.8) is 0 Å². The maximum absolute atomic E-state index is 12.2. The zero-order chi connectivity index (χ0) is 17.0. The van der Waals surface area contributed by atoms with Crippen molar-refractivity contribution in [2.24, 2.45) is 0 Å². The van der Waals surface area contributed by atoms with Gasteiger partial charge >= 0.3 is 0 Å². The molecule has 7 nitrogen and oxygen atoms in total. The molecule has 124 valence electrons. The fourth-order valence-corrected chi connectivity index (χ4v) is 2.94. The summed E-state index contributed by atoms with van der Waals surface area (Å²) in [5.74, 6) is 0.849. The van der Waals surface area contributed by atoms with Crippen molar-refractivity contribution in [2.45, 2.75) is 38.0 Å². The van der Waals surface area contributed by atoms with Crippen LogP contribution < -0.4 is 4.72 Å². The van der Waals surface area contributed by atoms with Crippen LogP contribution in [0.25, 0.3) is 0 Å². The summed E-state index contributed by atoms with van der Waals surface area (Å²) >= 11 is 0. The third-order valence-electron chi connectivity index (χ3n) is 3.16. The number of hydrogen-bond donors (Lipinski definition) is 1. The molecule has 0 radical (unpaired) electrons. The number of carbonyl (C=O) groups excluding carboxylic acids is 1. The highest BCUT2D eigenvalue weighted by Gasteiger charge is 2.16. The zero-order valence-corrected chi connectivity index (χ0v) is 14.1. The number of nitrogens with zero attached hydrogens (tertiary/aromatic N) is 2. The van der Waals surface area contributed by atoms with E-state index in [9.17, 15) is 13.2 Å². The van der Waals surface area contributed by atoms with Crippen LogP contribution in [0, 0.1) is 0 Å². The van der Waals surface area contributed by atoms with Crippen LogP contribution >= 0.6 is 0 Å². The Bertz CT molecular complexity index is 797. The molecule has 23 heavy (non-hydrogen) atoms. The summed E-state index contributed by atoms with van der Waals surface area (Å²) in [4.78, 5) is 11.4. The molecule has 0 amide bonds. The largest absolute Gasteiger partial charge is 0.425 e. The van der Waals surface area contributed by atoms with E-state index in [0.717, 1.165) is 0 Å². The summed E-state index contributed by atoms with van der Waals surface area (Å²) in [5.41, 5.74) is 0.353. The first-order chi connectivity index (χ1) is 10.8. The molecule has 0 unspecified atom stereocenters. The highest BCUT2D eigenvalue weighted by molar-refractivity contribution is 7.89. The Labute approximate surface area is 135 Å². The van der Waals surface area contributed by atoms with Crippen molar-refractivity contribution in [1.29, 1.82) is 0 Å². The second-order valence-electron chi connectivity index (χ2n) is 5.42. The van der Waals surface area contributed by atoms with Crippen LogP contribution in [0.15, 0.2) is 33.6 Å². The Morgan fingerprint density at radius 1 is 1.30 bits per heavy atom. The molecule has 0 atom stereocenters. The van der Waals surface area contributed by atoms with Gasteiger partial charge in [0, 0.05) is 24.4 Å². The molecule has 1 aromatic heterocycles. The van der Waals surface area contributed by atoms with Gasteiger partial charge in [0.05, 0.1) is 4.90 Å². The molecular weight excluding hydrogens is 318 g/mol. The van der Waals surface area contributed by atoms with Crippen LogP contribution in [0.2, 0.25) is 0 Å². The predicted molar refractivity (Wildman–Crippen MR) is 83.7 cm³/mol. The van der Waals surface area contributed by atoms with Crippen LogP contribution in [0.4, 0.5) is 0 Å². The minimum absolute atomic E-state index is 0.0543. The van der Waals surface area contributed by atoms with E-state index in [1.54, 1.807) is 6.07 Å². The molecule has 2 rings (SSSR count). The van der Waals surface area contributed by atoms with E-state index < -0.39 is 10.0 Å². The summed E-state index contributed by atoms with van der Waals surface area (Å²) in [5, 5.41) is 7.76. The van der Waals surface area contributed by atoms with Crippen LogP contribution in [-0.2, 0) is 16.4 Å². The van der Waals surface area contributed by atoms with Gasteiger partial charge in [-0.25, -0.2) is 13.1 Å². The number of carbonyl (C=O) groups is 1. The molecule has 0 saturated carbocycles. The molecule has 0 saturated heterocycles. The molecule has 0 fully saturated rings. The van der Waals surface area contributed by atoms with Crippen molar-refractivity contribution in [3.8, 4) is 0 Å². The van der Waals surface area contributed by atoms with E-state index >= 15 is 0 Å². The summed E-state index contributed by atoms with van der Waals surface area (Å²) < 4.78 is 32.3. The van der Waals surface area contributed by atoms with Crippen molar-refractivity contribution in [3.05, 3.63) is 41.6 Å². The van der Waals surface area contributed by atoms with Gasteiger partial charge in [-0.3, -0.25) is 4.79 Å². The van der Waals surface area contributed by atoms with Gasteiger partial charge < -0.3 is 4.42 Å². The third kappa shape index (κ3) is 4.46. The Hall–Kier alpha value is -2.06. The second kappa shape index (κ2) is 7.01. The molecule has 1 aromatic carbocycles. The molecule has 0 aliphatic carbocycles. The van der Waals surface area contributed by atoms with Gasteiger partial charge in [-0.15, -0.1) is 10.2 Å². The number of Topliss-reactive ketones (excluding diaryl/α,β-unsaturated/α-hetero) is 1. The maximum Gasteiger partial charge on any atom is 0.240 e. The van der Waals surface area contributed by atoms with Crippen molar-refractivity contribution >= 4 is 15.8 Å². The molecule has 2 aromatic rings. The highest BCUT2D eigenvalue weighted by Crippen LogP contribution is 2.13. The summed E-state index contributed by atoms with van der Waals surface area (Å²) in [6.07, 6.45) is 0.297. The molecule has 0 aliphatic rings. The first-order valence-electron chi connectivity index (χ1n) is 7.22. The lowest BCUT2D eigenvalue weighted by atomic mass is 10.2. The zero-order valence-electron chi connectivity index (χ0n) is 13.2. The number of hydrogen-bond acceptors (Lipinski definition) is 6. The Morgan fingerprint density at radius 2 is 2.04 bits per heavy atom. The van der Waals surface area contributed by atoms with Crippen molar-refractivity contribution < 1.29 is 17.6 Å². The lowest BCUT2D eigenvalue weighted by Gasteiger charge is -2.06. The standard InChI is InChI=1S/C15H19N3O4S/c1-10(2)15-18-17-14(22-15)7-8-16-23(20,21)13-6-4-5-12(9-13)11(3)19/h4-6,9-10,16H,7-8H2,1-3H3. The maximum atomic E-state index is 12.2. The quantitative estimate of drug-likeness (QED) is 0.774. The SMILES string of the molecule is CC(=O)c1cccc(S(=O)(=O)NCCc2nnc(C(C)C)o2)c1. The second-order valence-corrected chi connectivity index (χ2v) is 7.19. The Kier molecular flexibility index (Phi) is 5.27. The number of nitrogens with one attached hydrogen (secondary N) is 1. The number of rotatable bonds is 7. The van der Waals surface area contributed by atoms with E-state index in [-0.39, 0.29) is 23.1 Å². The summed E-state index contributed by atoms with van der Waals surface area (Å²) in [7, 11) is -3.69. The van der Waals surface area contributed by atoms with Gasteiger partial charge in [0.25, 0.3) is 0 Å². The molecule has 0 spiro atoms. The van der Waals surface area contributed by atoms with E-state index in [4.69, 9.17) is 4.42 Å². The first-order valence-corrected chi connectivity index (χ1v) is 8.71. The summed E-state index contributed by atoms with van der Waals surface area (Å²) in [6, 6.07) is 5.91. The topological polar surface area (TPSA) is 102 Å². The van der Waals surface area contributed by atoms with Crippen molar-refractivity contribution in [2.75, 3.05) is 6.54 Å². The van der Waals surface area contributed by atoms with Gasteiger partial charge in [-0.1, -0.05) is 26.0 Å². The number of benzene rings is 1. The Balaban J connectivity index is 2.01. The van der Waals surface area contributed by atoms with Crippen LogP contribution in [0.5, 0.6) is 0 Å².